The predicted octanol–water partition coefficient (Wildman–Crippen LogP) is 2.62. The molecule has 4 nitrogen and oxygen atoms in total. The van der Waals surface area contributed by atoms with E-state index in [2.05, 4.69) is 33.4 Å². The van der Waals surface area contributed by atoms with Gasteiger partial charge in [0.15, 0.2) is 4.21 Å². The van der Waals surface area contributed by atoms with Gasteiger partial charge in [-0.3, -0.25) is 0 Å². The first-order valence-electron chi connectivity index (χ1n) is 7.63. The second kappa shape index (κ2) is 5.44. The summed E-state index contributed by atoms with van der Waals surface area (Å²) in [6.45, 7) is 0. The Labute approximate surface area is 134 Å². The topological polar surface area (TPSA) is 59.1 Å². The van der Waals surface area contributed by atoms with E-state index in [-0.39, 0.29) is 6.04 Å². The van der Waals surface area contributed by atoms with Gasteiger partial charge in [0, 0.05) is 12.2 Å². The van der Waals surface area contributed by atoms with Crippen LogP contribution in [0.25, 0.3) is 0 Å². The molecule has 1 aromatic carbocycles. The SMILES string of the molecule is O=S(=O)(NC1C2CCC1Cc1ccccc1C2)c1ccns1. The molecule has 2 aliphatic rings. The highest BCUT2D eigenvalue weighted by Gasteiger charge is 2.41. The molecule has 1 N–H and O–H groups in total. The number of benzene rings is 1. The summed E-state index contributed by atoms with van der Waals surface area (Å²) in [4.78, 5) is 0. The molecule has 1 heterocycles. The van der Waals surface area contributed by atoms with Crippen molar-refractivity contribution in [2.75, 3.05) is 0 Å². The summed E-state index contributed by atoms with van der Waals surface area (Å²) >= 11 is 1.03. The fourth-order valence-corrected chi connectivity index (χ4v) is 6.04. The monoisotopic (exact) mass is 334 g/mol. The van der Waals surface area contributed by atoms with Gasteiger partial charge in [0.2, 0.25) is 0 Å². The predicted molar refractivity (Wildman–Crippen MR) is 86.3 cm³/mol. The van der Waals surface area contributed by atoms with E-state index in [0.717, 1.165) is 37.2 Å². The van der Waals surface area contributed by atoms with Crippen LogP contribution in [0.5, 0.6) is 0 Å². The lowest BCUT2D eigenvalue weighted by Crippen LogP contribution is -2.41. The molecular formula is C16H18N2O2S2. The van der Waals surface area contributed by atoms with Gasteiger partial charge >= 0.3 is 0 Å². The van der Waals surface area contributed by atoms with E-state index in [1.54, 1.807) is 6.07 Å². The van der Waals surface area contributed by atoms with Gasteiger partial charge < -0.3 is 0 Å². The molecule has 22 heavy (non-hydrogen) atoms. The molecule has 4 rings (SSSR count). The average molecular weight is 334 g/mol. The first kappa shape index (κ1) is 14.4. The molecule has 1 saturated carbocycles. The van der Waals surface area contributed by atoms with Crippen molar-refractivity contribution >= 4 is 21.6 Å². The summed E-state index contributed by atoms with van der Waals surface area (Å²) < 4.78 is 32.2. The highest BCUT2D eigenvalue weighted by molar-refractivity contribution is 7.91. The molecule has 0 saturated heterocycles. The number of rotatable bonds is 3. The van der Waals surface area contributed by atoms with Crippen LogP contribution in [0.1, 0.15) is 24.0 Å². The Kier molecular flexibility index (Phi) is 3.55. The third-order valence-corrected chi connectivity index (χ3v) is 7.65. The van der Waals surface area contributed by atoms with Gasteiger partial charge in [-0.25, -0.2) is 13.1 Å². The van der Waals surface area contributed by atoms with E-state index in [1.165, 1.54) is 17.3 Å². The maximum atomic E-state index is 12.5. The van der Waals surface area contributed by atoms with Crippen LogP contribution >= 0.6 is 11.5 Å². The number of fused-ring (bicyclic) bond motifs is 3. The highest BCUT2D eigenvalue weighted by Crippen LogP contribution is 2.40. The van der Waals surface area contributed by atoms with Crippen LogP contribution in [0.3, 0.4) is 0 Å². The fraction of sp³-hybridized carbons (Fsp3) is 0.438. The third kappa shape index (κ3) is 2.49. The van der Waals surface area contributed by atoms with Crippen LogP contribution in [0.15, 0.2) is 40.7 Å². The van der Waals surface area contributed by atoms with Gasteiger partial charge in [-0.1, -0.05) is 24.3 Å². The third-order valence-electron chi connectivity index (χ3n) is 4.98. The largest absolute Gasteiger partial charge is 0.251 e. The Morgan fingerprint density at radius 1 is 1.05 bits per heavy atom. The maximum absolute atomic E-state index is 12.5. The minimum atomic E-state index is -3.44. The summed E-state index contributed by atoms with van der Waals surface area (Å²) in [6.07, 6.45) is 5.70. The normalized spacial score (nSPS) is 27.4. The van der Waals surface area contributed by atoms with Crippen molar-refractivity contribution in [3.8, 4) is 0 Å². The molecule has 2 aromatic rings. The summed E-state index contributed by atoms with van der Waals surface area (Å²) in [6, 6.07) is 10.1. The van der Waals surface area contributed by atoms with Crippen molar-refractivity contribution in [3.63, 3.8) is 0 Å². The Hall–Kier alpha value is -1.24. The van der Waals surface area contributed by atoms with Gasteiger partial charge in [0.1, 0.15) is 0 Å². The smallest absolute Gasteiger partial charge is 0.207 e. The Balaban J connectivity index is 1.62. The highest BCUT2D eigenvalue weighted by atomic mass is 32.2. The lowest BCUT2D eigenvalue weighted by Gasteiger charge is -2.23. The number of nitrogens with one attached hydrogen (secondary N) is 1. The molecule has 0 aliphatic heterocycles. The second-order valence-electron chi connectivity index (χ2n) is 6.25. The van der Waals surface area contributed by atoms with Crippen molar-refractivity contribution in [3.05, 3.63) is 47.7 Å². The zero-order chi connectivity index (χ0) is 15.2. The molecule has 2 unspecified atom stereocenters. The number of hydrogen-bond donors (Lipinski definition) is 1. The van der Waals surface area contributed by atoms with Crippen LogP contribution in [0.4, 0.5) is 0 Å². The molecule has 2 aliphatic carbocycles. The Morgan fingerprint density at radius 3 is 2.23 bits per heavy atom. The zero-order valence-corrected chi connectivity index (χ0v) is 13.7. The summed E-state index contributed by atoms with van der Waals surface area (Å²) in [5.74, 6) is 0.799. The molecule has 6 heteroatoms. The number of aromatic nitrogens is 1. The van der Waals surface area contributed by atoms with Gasteiger partial charge in [-0.05, 0) is 66.2 Å². The van der Waals surface area contributed by atoms with E-state index in [1.807, 2.05) is 0 Å². The van der Waals surface area contributed by atoms with Crippen LogP contribution < -0.4 is 4.72 Å². The van der Waals surface area contributed by atoms with Gasteiger partial charge in [-0.15, -0.1) is 0 Å². The molecule has 0 spiro atoms. The van der Waals surface area contributed by atoms with E-state index >= 15 is 0 Å². The first-order valence-corrected chi connectivity index (χ1v) is 9.89. The molecule has 1 aromatic heterocycles. The average Bonchev–Trinajstić information content (AvgIpc) is 3.09. The van der Waals surface area contributed by atoms with E-state index < -0.39 is 10.0 Å². The van der Waals surface area contributed by atoms with Crippen LogP contribution in [-0.2, 0) is 22.9 Å². The van der Waals surface area contributed by atoms with Gasteiger partial charge in [0.05, 0.1) is 0 Å². The van der Waals surface area contributed by atoms with E-state index in [4.69, 9.17) is 0 Å². The quantitative estimate of drug-likeness (QED) is 0.939. The fourth-order valence-electron chi connectivity index (χ4n) is 3.92. The Morgan fingerprint density at radius 2 is 1.68 bits per heavy atom. The van der Waals surface area contributed by atoms with Crippen molar-refractivity contribution in [1.29, 1.82) is 0 Å². The molecule has 2 atom stereocenters. The van der Waals surface area contributed by atoms with Crippen molar-refractivity contribution in [2.24, 2.45) is 11.8 Å². The van der Waals surface area contributed by atoms with Crippen LogP contribution in [0.2, 0.25) is 0 Å². The minimum absolute atomic E-state index is 0.0412. The van der Waals surface area contributed by atoms with Gasteiger partial charge in [-0.2, -0.15) is 4.37 Å². The van der Waals surface area contributed by atoms with Gasteiger partial charge in [0.25, 0.3) is 10.0 Å². The number of sulfonamides is 1. The molecule has 1 fully saturated rings. The molecular weight excluding hydrogens is 316 g/mol. The summed E-state index contributed by atoms with van der Waals surface area (Å²) in [7, 11) is -3.44. The standard InChI is InChI=1S/C16H18N2O2S2/c19-22(20,15-7-8-17-21-15)18-16-13-5-6-14(16)10-12-4-2-1-3-11(12)9-13/h1-4,7-8,13-14,16,18H,5-6,9-10H2. The van der Waals surface area contributed by atoms with Crippen LogP contribution in [-0.4, -0.2) is 18.8 Å². The molecule has 116 valence electrons. The van der Waals surface area contributed by atoms with Crippen molar-refractivity contribution in [1.82, 2.24) is 9.10 Å². The first-order chi connectivity index (χ1) is 10.6. The van der Waals surface area contributed by atoms with E-state index in [9.17, 15) is 8.42 Å². The minimum Gasteiger partial charge on any atom is -0.207 e. The number of nitrogens with zero attached hydrogens (tertiary/aromatic N) is 1. The lowest BCUT2D eigenvalue weighted by atomic mass is 9.94. The molecule has 0 amide bonds. The zero-order valence-electron chi connectivity index (χ0n) is 12.1. The van der Waals surface area contributed by atoms with Crippen LogP contribution in [0, 0.1) is 11.8 Å². The maximum Gasteiger partial charge on any atom is 0.251 e. The number of hydrogen-bond acceptors (Lipinski definition) is 4. The van der Waals surface area contributed by atoms with Crippen molar-refractivity contribution < 1.29 is 8.42 Å². The van der Waals surface area contributed by atoms with Crippen molar-refractivity contribution in [2.45, 2.75) is 35.9 Å². The molecule has 2 bridgehead atoms. The summed E-state index contributed by atoms with van der Waals surface area (Å²) in [5.41, 5.74) is 2.77. The van der Waals surface area contributed by atoms with E-state index in [0.29, 0.717) is 16.0 Å². The summed E-state index contributed by atoms with van der Waals surface area (Å²) in [5, 5.41) is 0. The Bertz CT molecular complexity index is 738. The molecule has 0 radical (unpaired) electrons. The second-order valence-corrected chi connectivity index (χ2v) is 9.03. The lowest BCUT2D eigenvalue weighted by molar-refractivity contribution is 0.386.